The Labute approximate surface area is 195 Å². The number of nitrogens with zero attached hydrogens (tertiary/aromatic N) is 1. The first-order valence-electron chi connectivity index (χ1n) is 11.9. The molecule has 0 saturated heterocycles. The molecule has 0 unspecified atom stereocenters. The van der Waals surface area contributed by atoms with Crippen LogP contribution in [0.2, 0.25) is 0 Å². The number of carbonyl (C=O) groups is 1. The summed E-state index contributed by atoms with van der Waals surface area (Å²) in [6.45, 7) is 3.34. The fourth-order valence-corrected chi connectivity index (χ4v) is 5.01. The van der Waals surface area contributed by atoms with Gasteiger partial charge in [0.05, 0.1) is 0 Å². The van der Waals surface area contributed by atoms with E-state index in [9.17, 15) is 4.79 Å². The zero-order chi connectivity index (χ0) is 21.2. The van der Waals surface area contributed by atoms with E-state index >= 15 is 0 Å². The summed E-state index contributed by atoms with van der Waals surface area (Å²) in [6, 6.07) is 12.8. The van der Waals surface area contributed by atoms with Crippen LogP contribution in [0.1, 0.15) is 94.3 Å². The zero-order valence-electron chi connectivity index (χ0n) is 18.5. The lowest BCUT2D eigenvalue weighted by Gasteiger charge is -2.08. The van der Waals surface area contributed by atoms with Gasteiger partial charge < -0.3 is 4.57 Å². The van der Waals surface area contributed by atoms with Crippen LogP contribution in [0.25, 0.3) is 21.8 Å². The molecule has 0 radical (unpaired) electrons. The molecule has 0 spiro atoms. The molecule has 0 atom stereocenters. The van der Waals surface area contributed by atoms with Crippen molar-refractivity contribution in [2.45, 2.75) is 90.5 Å². The fraction of sp³-hybridized carbons (Fsp3) is 0.519. The topological polar surface area (TPSA) is 22.0 Å². The Bertz CT molecular complexity index is 943. The van der Waals surface area contributed by atoms with Gasteiger partial charge in [0.2, 0.25) is 0 Å². The van der Waals surface area contributed by atoms with Crippen molar-refractivity contribution in [2.24, 2.45) is 0 Å². The number of halogens is 1. The molecule has 0 fully saturated rings. The van der Waals surface area contributed by atoms with Crippen LogP contribution in [0, 0.1) is 3.57 Å². The average Bonchev–Trinajstić information content (AvgIpc) is 3.06. The summed E-state index contributed by atoms with van der Waals surface area (Å²) in [5, 5.41) is 2.46. The van der Waals surface area contributed by atoms with Crippen molar-refractivity contribution in [1.29, 1.82) is 0 Å². The monoisotopic (exact) mass is 517 g/mol. The number of hydrogen-bond acceptors (Lipinski definition) is 1. The minimum Gasteiger partial charge on any atom is -0.340 e. The Hall–Kier alpha value is -1.36. The summed E-state index contributed by atoms with van der Waals surface area (Å²) in [4.78, 5) is 11.2. The Morgan fingerprint density at radius 1 is 0.733 bits per heavy atom. The highest BCUT2D eigenvalue weighted by molar-refractivity contribution is 14.1. The zero-order valence-corrected chi connectivity index (χ0v) is 20.6. The molecule has 1 heterocycles. The molecule has 0 N–H and O–H groups in total. The molecule has 0 aliphatic rings. The Kier molecular flexibility index (Phi) is 9.70. The summed E-state index contributed by atoms with van der Waals surface area (Å²) >= 11 is 2.37. The van der Waals surface area contributed by atoms with Crippen molar-refractivity contribution < 1.29 is 4.79 Å². The van der Waals surface area contributed by atoms with Crippen LogP contribution >= 0.6 is 22.6 Å². The van der Waals surface area contributed by atoms with Gasteiger partial charge >= 0.3 is 0 Å². The van der Waals surface area contributed by atoms with Gasteiger partial charge in [-0.3, -0.25) is 4.79 Å². The number of unbranched alkanes of at least 4 members (excludes halogenated alkanes) is 11. The third-order valence-electron chi connectivity index (χ3n) is 6.22. The van der Waals surface area contributed by atoms with Gasteiger partial charge in [-0.15, -0.1) is 0 Å². The Morgan fingerprint density at radius 2 is 1.27 bits per heavy atom. The van der Waals surface area contributed by atoms with E-state index in [1.165, 1.54) is 102 Å². The highest BCUT2D eigenvalue weighted by Gasteiger charge is 2.11. The van der Waals surface area contributed by atoms with Gasteiger partial charge in [0.1, 0.15) is 6.29 Å². The van der Waals surface area contributed by atoms with Crippen molar-refractivity contribution in [3.8, 4) is 0 Å². The lowest BCUT2D eigenvalue weighted by atomic mass is 10.1. The Morgan fingerprint density at radius 3 is 1.87 bits per heavy atom. The highest BCUT2D eigenvalue weighted by atomic mass is 127. The van der Waals surface area contributed by atoms with Gasteiger partial charge in [-0.05, 0) is 65.4 Å². The van der Waals surface area contributed by atoms with Crippen molar-refractivity contribution in [3.63, 3.8) is 0 Å². The van der Waals surface area contributed by atoms with Crippen LogP contribution in [0.4, 0.5) is 0 Å². The molecule has 0 aliphatic carbocycles. The summed E-state index contributed by atoms with van der Waals surface area (Å²) < 4.78 is 3.69. The number of rotatable bonds is 14. The first-order chi connectivity index (χ1) is 14.7. The molecule has 30 heavy (non-hydrogen) atoms. The lowest BCUT2D eigenvalue weighted by molar-refractivity contribution is 0.112. The smallest absolute Gasteiger partial charge is 0.150 e. The van der Waals surface area contributed by atoms with Gasteiger partial charge in [-0.25, -0.2) is 0 Å². The molecule has 0 aliphatic heterocycles. The van der Waals surface area contributed by atoms with Crippen LogP contribution in [0.5, 0.6) is 0 Å². The summed E-state index contributed by atoms with van der Waals surface area (Å²) in [6.07, 6.45) is 17.5. The molecule has 0 saturated carbocycles. The quantitative estimate of drug-likeness (QED) is 0.119. The van der Waals surface area contributed by atoms with Crippen LogP contribution in [0.15, 0.2) is 36.4 Å². The minimum absolute atomic E-state index is 0.755. The number of benzene rings is 2. The molecule has 0 amide bonds. The molecule has 3 heteroatoms. The molecule has 3 aromatic rings. The first-order valence-corrected chi connectivity index (χ1v) is 13.0. The largest absolute Gasteiger partial charge is 0.340 e. The number of carbonyl (C=O) groups excluding carboxylic acids is 1. The maximum Gasteiger partial charge on any atom is 0.150 e. The predicted molar refractivity (Wildman–Crippen MR) is 139 cm³/mol. The molecule has 162 valence electrons. The van der Waals surface area contributed by atoms with E-state index in [2.05, 4.69) is 58.3 Å². The number of fused-ring (bicyclic) bond motifs is 3. The fourth-order valence-electron chi connectivity index (χ4n) is 4.52. The van der Waals surface area contributed by atoms with E-state index < -0.39 is 0 Å². The van der Waals surface area contributed by atoms with Crippen LogP contribution < -0.4 is 0 Å². The molecular weight excluding hydrogens is 481 g/mol. The van der Waals surface area contributed by atoms with Crippen LogP contribution in [-0.2, 0) is 6.54 Å². The van der Waals surface area contributed by atoms with Gasteiger partial charge in [-0.2, -0.15) is 0 Å². The number of aromatic nitrogens is 1. The maximum absolute atomic E-state index is 11.2. The van der Waals surface area contributed by atoms with E-state index in [-0.39, 0.29) is 0 Å². The molecule has 0 bridgehead atoms. The number of hydrogen-bond donors (Lipinski definition) is 0. The molecule has 2 aromatic carbocycles. The minimum atomic E-state index is 0.755. The van der Waals surface area contributed by atoms with E-state index in [1.807, 2.05) is 12.1 Å². The normalized spacial score (nSPS) is 11.5. The second-order valence-corrected chi connectivity index (χ2v) is 9.84. The third-order valence-corrected chi connectivity index (χ3v) is 6.89. The molecule has 3 rings (SSSR count). The third kappa shape index (κ3) is 6.32. The number of aldehydes is 1. The summed E-state index contributed by atoms with van der Waals surface area (Å²) in [7, 11) is 0. The van der Waals surface area contributed by atoms with Crippen LogP contribution in [-0.4, -0.2) is 10.9 Å². The average molecular weight is 517 g/mol. The van der Waals surface area contributed by atoms with Crippen LogP contribution in [0.3, 0.4) is 0 Å². The second-order valence-electron chi connectivity index (χ2n) is 8.60. The van der Waals surface area contributed by atoms with Gasteiger partial charge in [0.25, 0.3) is 0 Å². The highest BCUT2D eigenvalue weighted by Crippen LogP contribution is 2.31. The molecular formula is C27H36INO. The molecule has 2 nitrogen and oxygen atoms in total. The van der Waals surface area contributed by atoms with E-state index in [4.69, 9.17) is 0 Å². The summed E-state index contributed by atoms with van der Waals surface area (Å²) in [5.41, 5.74) is 3.29. The Balaban J connectivity index is 1.47. The predicted octanol–water partition coefficient (Wildman–Crippen LogP) is 8.91. The van der Waals surface area contributed by atoms with Crippen molar-refractivity contribution >= 4 is 50.7 Å². The van der Waals surface area contributed by atoms with E-state index in [0.29, 0.717) is 0 Å². The van der Waals surface area contributed by atoms with Gasteiger partial charge in [0.15, 0.2) is 0 Å². The van der Waals surface area contributed by atoms with Crippen molar-refractivity contribution in [1.82, 2.24) is 4.57 Å². The lowest BCUT2D eigenvalue weighted by Crippen LogP contribution is -1.98. The maximum atomic E-state index is 11.2. The van der Waals surface area contributed by atoms with E-state index in [1.54, 1.807) is 0 Å². The molecule has 1 aromatic heterocycles. The van der Waals surface area contributed by atoms with E-state index in [0.717, 1.165) is 18.4 Å². The number of aryl methyl sites for hydroxylation is 1. The van der Waals surface area contributed by atoms with Crippen molar-refractivity contribution in [3.05, 3.63) is 45.5 Å². The second kappa shape index (κ2) is 12.5. The van der Waals surface area contributed by atoms with Gasteiger partial charge in [-0.1, -0.05) is 77.6 Å². The SMILES string of the molecule is CCCCCCCCCCCCCCn1c2ccc(I)cc2c2cc(C=O)ccc21. The summed E-state index contributed by atoms with van der Waals surface area (Å²) in [5.74, 6) is 0. The van der Waals surface area contributed by atoms with Crippen molar-refractivity contribution in [2.75, 3.05) is 0 Å². The standard InChI is InChI=1S/C27H36INO/c1-2-3-4-5-6-7-8-9-10-11-12-13-18-29-26-16-14-22(21-30)19-24(26)25-20-23(28)15-17-27(25)29/h14-17,19-21H,2-13,18H2,1H3. The first kappa shape index (κ1) is 23.3. The van der Waals surface area contributed by atoms with Gasteiger partial charge in [0, 0.05) is 37.5 Å².